The van der Waals surface area contributed by atoms with Gasteiger partial charge in [-0.25, -0.2) is 9.69 Å². The van der Waals surface area contributed by atoms with E-state index in [2.05, 4.69) is 5.32 Å². The van der Waals surface area contributed by atoms with E-state index in [1.54, 1.807) is 18.2 Å². The summed E-state index contributed by atoms with van der Waals surface area (Å²) in [5, 5.41) is 2.86. The lowest BCUT2D eigenvalue weighted by atomic mass is 9.98. The molecule has 1 aromatic rings. The first-order chi connectivity index (χ1) is 9.18. The first-order valence-corrected chi connectivity index (χ1v) is 6.48. The predicted molar refractivity (Wildman–Crippen MR) is 70.2 cm³/mol. The van der Waals surface area contributed by atoms with Crippen LogP contribution in [0.5, 0.6) is 5.75 Å². The van der Waals surface area contributed by atoms with Crippen LogP contribution < -0.4 is 15.0 Å². The number of urea groups is 1. The number of para-hydroxylation sites is 2. The summed E-state index contributed by atoms with van der Waals surface area (Å²) < 4.78 is 5.23. The molecule has 3 rings (SSSR count). The number of imide groups is 1. The van der Waals surface area contributed by atoms with Gasteiger partial charge in [-0.3, -0.25) is 4.79 Å². The van der Waals surface area contributed by atoms with Gasteiger partial charge in [0.1, 0.15) is 11.3 Å². The molecule has 2 fully saturated rings. The van der Waals surface area contributed by atoms with Crippen LogP contribution in [0.15, 0.2) is 24.3 Å². The molecule has 1 aliphatic heterocycles. The van der Waals surface area contributed by atoms with Gasteiger partial charge < -0.3 is 10.1 Å². The SMILES string of the molecule is COc1ccccc1N1C(=O)NC2(CCCC2)C1=O. The third kappa shape index (κ3) is 1.69. The van der Waals surface area contributed by atoms with Crippen LogP contribution in [-0.2, 0) is 4.79 Å². The van der Waals surface area contributed by atoms with Gasteiger partial charge in [-0.1, -0.05) is 25.0 Å². The van der Waals surface area contributed by atoms with Gasteiger partial charge in [0.15, 0.2) is 0 Å². The number of benzene rings is 1. The summed E-state index contributed by atoms with van der Waals surface area (Å²) in [5.41, 5.74) is -0.172. The van der Waals surface area contributed by atoms with E-state index >= 15 is 0 Å². The van der Waals surface area contributed by atoms with Gasteiger partial charge in [0.2, 0.25) is 0 Å². The highest BCUT2D eigenvalue weighted by Gasteiger charge is 2.53. The number of methoxy groups -OCH3 is 1. The van der Waals surface area contributed by atoms with Crippen LogP contribution in [-0.4, -0.2) is 24.6 Å². The summed E-state index contributed by atoms with van der Waals surface area (Å²) in [7, 11) is 1.53. The smallest absolute Gasteiger partial charge is 0.329 e. The minimum Gasteiger partial charge on any atom is -0.495 e. The van der Waals surface area contributed by atoms with Gasteiger partial charge in [-0.05, 0) is 25.0 Å². The summed E-state index contributed by atoms with van der Waals surface area (Å²) in [6.07, 6.45) is 3.41. The molecule has 1 heterocycles. The summed E-state index contributed by atoms with van der Waals surface area (Å²) in [4.78, 5) is 26.0. The largest absolute Gasteiger partial charge is 0.495 e. The second kappa shape index (κ2) is 4.26. The van der Waals surface area contributed by atoms with Gasteiger partial charge in [0.05, 0.1) is 12.8 Å². The molecule has 1 spiro atoms. The quantitative estimate of drug-likeness (QED) is 0.828. The number of hydrogen-bond donors (Lipinski definition) is 1. The minimum absolute atomic E-state index is 0.153. The molecule has 1 N–H and O–H groups in total. The first kappa shape index (κ1) is 12.0. The van der Waals surface area contributed by atoms with E-state index in [1.165, 1.54) is 12.0 Å². The van der Waals surface area contributed by atoms with E-state index in [9.17, 15) is 9.59 Å². The van der Waals surface area contributed by atoms with Crippen molar-refractivity contribution in [2.75, 3.05) is 12.0 Å². The summed E-state index contributed by atoms with van der Waals surface area (Å²) >= 11 is 0. The van der Waals surface area contributed by atoms with Crippen LogP contribution in [0.2, 0.25) is 0 Å². The topological polar surface area (TPSA) is 58.6 Å². The standard InChI is InChI=1S/C14H16N2O3/c1-19-11-7-3-2-6-10(11)16-12(17)14(15-13(16)18)8-4-5-9-14/h2-3,6-7H,4-5,8-9H2,1H3,(H,15,18). The molecule has 5 nitrogen and oxygen atoms in total. The Bertz CT molecular complexity index is 535. The third-order valence-electron chi connectivity index (χ3n) is 3.94. The zero-order chi connectivity index (χ0) is 13.5. The Morgan fingerprint density at radius 3 is 2.58 bits per heavy atom. The van der Waals surface area contributed by atoms with E-state index in [4.69, 9.17) is 4.74 Å². The number of anilines is 1. The Kier molecular flexibility index (Phi) is 2.69. The van der Waals surface area contributed by atoms with Crippen LogP contribution in [0.1, 0.15) is 25.7 Å². The van der Waals surface area contributed by atoms with Gasteiger partial charge in [0, 0.05) is 0 Å². The van der Waals surface area contributed by atoms with Crippen molar-refractivity contribution >= 4 is 17.6 Å². The maximum Gasteiger partial charge on any atom is 0.329 e. The van der Waals surface area contributed by atoms with Gasteiger partial charge in [-0.15, -0.1) is 0 Å². The van der Waals surface area contributed by atoms with Crippen molar-refractivity contribution in [3.05, 3.63) is 24.3 Å². The molecule has 0 aromatic heterocycles. The molecule has 0 atom stereocenters. The molecule has 2 aliphatic rings. The molecule has 5 heteroatoms. The Morgan fingerprint density at radius 1 is 1.21 bits per heavy atom. The number of rotatable bonds is 2. The van der Waals surface area contributed by atoms with Crippen molar-refractivity contribution in [2.24, 2.45) is 0 Å². The molecular weight excluding hydrogens is 244 g/mol. The molecule has 0 radical (unpaired) electrons. The molecule has 3 amide bonds. The number of carbonyl (C=O) groups excluding carboxylic acids is 2. The number of amides is 3. The second-order valence-corrected chi connectivity index (χ2v) is 5.03. The minimum atomic E-state index is -0.683. The van der Waals surface area contributed by atoms with E-state index in [0.29, 0.717) is 11.4 Å². The lowest BCUT2D eigenvalue weighted by Crippen LogP contribution is -2.44. The highest BCUT2D eigenvalue weighted by molar-refractivity contribution is 6.24. The number of ether oxygens (including phenoxy) is 1. The summed E-state index contributed by atoms with van der Waals surface area (Å²) in [6, 6.07) is 6.72. The van der Waals surface area contributed by atoms with Crippen molar-refractivity contribution < 1.29 is 14.3 Å². The zero-order valence-corrected chi connectivity index (χ0v) is 10.8. The number of carbonyl (C=O) groups is 2. The van der Waals surface area contributed by atoms with E-state index in [0.717, 1.165) is 25.7 Å². The molecule has 0 unspecified atom stereocenters. The molecule has 19 heavy (non-hydrogen) atoms. The molecule has 0 bridgehead atoms. The highest BCUT2D eigenvalue weighted by Crippen LogP contribution is 2.39. The average molecular weight is 260 g/mol. The van der Waals surface area contributed by atoms with Gasteiger partial charge >= 0.3 is 6.03 Å². The maximum atomic E-state index is 12.6. The number of nitrogens with zero attached hydrogens (tertiary/aromatic N) is 1. The van der Waals surface area contributed by atoms with Crippen LogP contribution in [0.25, 0.3) is 0 Å². The fourth-order valence-electron chi connectivity index (χ4n) is 2.97. The molecular formula is C14H16N2O3. The fraction of sp³-hybridized carbons (Fsp3) is 0.429. The Labute approximate surface area is 111 Å². The summed E-state index contributed by atoms with van der Waals surface area (Å²) in [6.45, 7) is 0. The van der Waals surface area contributed by atoms with Crippen LogP contribution in [0.4, 0.5) is 10.5 Å². The predicted octanol–water partition coefficient (Wildman–Crippen LogP) is 2.06. The Hall–Kier alpha value is -2.04. The van der Waals surface area contributed by atoms with Crippen molar-refractivity contribution in [1.29, 1.82) is 0 Å². The highest BCUT2D eigenvalue weighted by atomic mass is 16.5. The molecule has 1 saturated carbocycles. The lowest BCUT2D eigenvalue weighted by molar-refractivity contribution is -0.121. The first-order valence-electron chi connectivity index (χ1n) is 6.48. The second-order valence-electron chi connectivity index (χ2n) is 5.03. The summed E-state index contributed by atoms with van der Waals surface area (Å²) in [5.74, 6) is 0.376. The lowest BCUT2D eigenvalue weighted by Gasteiger charge is -2.20. The van der Waals surface area contributed by atoms with Crippen LogP contribution >= 0.6 is 0 Å². The zero-order valence-electron chi connectivity index (χ0n) is 10.8. The molecule has 1 aliphatic carbocycles. The van der Waals surface area contributed by atoms with Crippen molar-refractivity contribution in [3.63, 3.8) is 0 Å². The molecule has 1 saturated heterocycles. The van der Waals surface area contributed by atoms with Crippen molar-refractivity contribution in [3.8, 4) is 5.75 Å². The third-order valence-corrected chi connectivity index (χ3v) is 3.94. The van der Waals surface area contributed by atoms with Crippen molar-refractivity contribution in [1.82, 2.24) is 5.32 Å². The van der Waals surface area contributed by atoms with Crippen LogP contribution in [0, 0.1) is 0 Å². The normalized spacial score (nSPS) is 21.0. The van der Waals surface area contributed by atoms with E-state index < -0.39 is 5.54 Å². The maximum absolute atomic E-state index is 12.6. The average Bonchev–Trinajstić information content (AvgIpc) is 2.97. The van der Waals surface area contributed by atoms with Gasteiger partial charge in [0.25, 0.3) is 5.91 Å². The Balaban J connectivity index is 2.01. The molecule has 1 aromatic carbocycles. The van der Waals surface area contributed by atoms with E-state index in [-0.39, 0.29) is 11.9 Å². The fourth-order valence-corrected chi connectivity index (χ4v) is 2.97. The van der Waals surface area contributed by atoms with E-state index in [1.807, 2.05) is 6.07 Å². The Morgan fingerprint density at radius 2 is 1.89 bits per heavy atom. The van der Waals surface area contributed by atoms with Crippen molar-refractivity contribution in [2.45, 2.75) is 31.2 Å². The van der Waals surface area contributed by atoms with Gasteiger partial charge in [-0.2, -0.15) is 0 Å². The molecule has 100 valence electrons. The number of hydrogen-bond acceptors (Lipinski definition) is 3. The monoisotopic (exact) mass is 260 g/mol. The van der Waals surface area contributed by atoms with Crippen LogP contribution in [0.3, 0.4) is 0 Å². The number of nitrogens with one attached hydrogen (secondary N) is 1.